The molecule has 3 aliphatic rings. The van der Waals surface area contributed by atoms with E-state index in [0.29, 0.717) is 0 Å². The van der Waals surface area contributed by atoms with Crippen LogP contribution >= 0.6 is 0 Å². The quantitative estimate of drug-likeness (QED) is 0.302. The van der Waals surface area contributed by atoms with Crippen molar-refractivity contribution in [1.29, 1.82) is 0 Å². The highest BCUT2D eigenvalue weighted by molar-refractivity contribution is 5.68. The maximum atomic E-state index is 12.1. The number of rotatable bonds is 8. The molecule has 0 aromatic carbocycles. The highest BCUT2D eigenvalue weighted by Gasteiger charge is 2.58. The van der Waals surface area contributed by atoms with E-state index in [1.54, 1.807) is 20.8 Å². The summed E-state index contributed by atoms with van der Waals surface area (Å²) < 4.78 is 57.2. The second-order valence-corrected chi connectivity index (χ2v) is 9.68. The van der Waals surface area contributed by atoms with E-state index in [1.807, 2.05) is 0 Å². The van der Waals surface area contributed by atoms with E-state index >= 15 is 0 Å². The fourth-order valence-electron chi connectivity index (χ4n) is 4.75. The van der Waals surface area contributed by atoms with Crippen LogP contribution in [0.1, 0.15) is 48.5 Å². The lowest BCUT2D eigenvalue weighted by atomic mass is 9.96. The first-order valence-corrected chi connectivity index (χ1v) is 12.2. The summed E-state index contributed by atoms with van der Waals surface area (Å²) in [6.07, 6.45) is -10.1. The van der Waals surface area contributed by atoms with Gasteiger partial charge in [-0.05, 0) is 20.8 Å². The summed E-state index contributed by atoms with van der Waals surface area (Å²) in [6.45, 7) is 9.43. The molecule has 0 radical (unpaired) electrons. The predicted octanol–water partition coefficient (Wildman–Crippen LogP) is 0.366. The van der Waals surface area contributed by atoms with Gasteiger partial charge in [0.1, 0.15) is 31.0 Å². The lowest BCUT2D eigenvalue weighted by Crippen LogP contribution is -2.65. The van der Waals surface area contributed by atoms with Crippen molar-refractivity contribution in [2.75, 3.05) is 13.7 Å². The van der Waals surface area contributed by atoms with Crippen LogP contribution in [0.3, 0.4) is 0 Å². The smallest absolute Gasteiger partial charge is 0.303 e. The highest BCUT2D eigenvalue weighted by atomic mass is 16.8. The topological polar surface area (TPSA) is 161 Å². The Morgan fingerprint density at radius 3 is 1.82 bits per heavy atom. The number of methoxy groups -OCH3 is 1. The molecule has 0 aromatic rings. The van der Waals surface area contributed by atoms with Crippen LogP contribution in [0.25, 0.3) is 0 Å². The molecular weight excluding hydrogens is 512 g/mol. The summed E-state index contributed by atoms with van der Waals surface area (Å²) in [5.74, 6) is -3.83. The molecule has 3 aliphatic heterocycles. The molecule has 0 bridgehead atoms. The van der Waals surface area contributed by atoms with E-state index in [4.69, 9.17) is 47.4 Å². The molecule has 0 amide bonds. The second-order valence-electron chi connectivity index (χ2n) is 9.68. The van der Waals surface area contributed by atoms with E-state index in [9.17, 15) is 19.2 Å². The maximum absolute atomic E-state index is 12.1. The number of ether oxygens (including phenoxy) is 10. The molecule has 216 valence electrons. The van der Waals surface area contributed by atoms with E-state index in [-0.39, 0.29) is 6.61 Å². The minimum absolute atomic E-state index is 0.376. The number of hydrogen-bond donors (Lipinski definition) is 0. The van der Waals surface area contributed by atoms with Crippen LogP contribution in [-0.4, -0.2) is 105 Å². The van der Waals surface area contributed by atoms with Crippen molar-refractivity contribution in [3.8, 4) is 0 Å². The van der Waals surface area contributed by atoms with Gasteiger partial charge in [-0.25, -0.2) is 0 Å². The van der Waals surface area contributed by atoms with Crippen molar-refractivity contribution in [3.05, 3.63) is 0 Å². The minimum Gasteiger partial charge on any atom is -0.463 e. The first-order valence-electron chi connectivity index (χ1n) is 12.2. The zero-order valence-electron chi connectivity index (χ0n) is 22.7. The molecule has 0 aliphatic carbocycles. The average Bonchev–Trinajstić information content (AvgIpc) is 3.12. The third-order valence-corrected chi connectivity index (χ3v) is 6.04. The molecular formula is C24H36O14. The van der Waals surface area contributed by atoms with E-state index in [1.165, 1.54) is 14.0 Å². The molecule has 0 aromatic heterocycles. The summed E-state index contributed by atoms with van der Waals surface area (Å²) in [5, 5.41) is 0. The van der Waals surface area contributed by atoms with Gasteiger partial charge in [-0.3, -0.25) is 19.2 Å². The number of fused-ring (bicyclic) bond motifs is 1. The molecule has 3 rings (SSSR count). The number of esters is 4. The van der Waals surface area contributed by atoms with Gasteiger partial charge in [0.15, 0.2) is 36.7 Å². The Morgan fingerprint density at radius 2 is 1.26 bits per heavy atom. The van der Waals surface area contributed by atoms with Crippen LogP contribution in [0.4, 0.5) is 0 Å². The lowest BCUT2D eigenvalue weighted by Gasteiger charge is -2.47. The Hall–Kier alpha value is -2.36. The molecule has 0 unspecified atom stereocenters. The summed E-state index contributed by atoms with van der Waals surface area (Å²) in [7, 11) is 1.48. The van der Waals surface area contributed by atoms with Crippen LogP contribution in [0, 0.1) is 0 Å². The van der Waals surface area contributed by atoms with Crippen molar-refractivity contribution < 1.29 is 66.5 Å². The maximum Gasteiger partial charge on any atom is 0.303 e. The second kappa shape index (κ2) is 12.2. The third-order valence-electron chi connectivity index (χ3n) is 6.04. The zero-order valence-corrected chi connectivity index (χ0v) is 22.7. The predicted molar refractivity (Wildman–Crippen MR) is 122 cm³/mol. The highest BCUT2D eigenvalue weighted by Crippen LogP contribution is 2.40. The van der Waals surface area contributed by atoms with E-state index in [0.717, 1.165) is 20.8 Å². The van der Waals surface area contributed by atoms with Crippen LogP contribution in [0.2, 0.25) is 0 Å². The molecule has 3 saturated heterocycles. The normalized spacial score (nSPS) is 38.0. The minimum atomic E-state index is -1.39. The Kier molecular flexibility index (Phi) is 9.71. The Bertz CT molecular complexity index is 889. The molecule has 3 heterocycles. The molecule has 0 spiro atoms. The first kappa shape index (κ1) is 30.2. The van der Waals surface area contributed by atoms with Crippen molar-refractivity contribution in [2.24, 2.45) is 0 Å². The summed E-state index contributed by atoms with van der Waals surface area (Å²) in [5.41, 5.74) is 0. The Labute approximate surface area is 220 Å². The molecule has 0 N–H and O–H groups in total. The average molecular weight is 549 g/mol. The molecule has 38 heavy (non-hydrogen) atoms. The van der Waals surface area contributed by atoms with Crippen LogP contribution < -0.4 is 0 Å². The van der Waals surface area contributed by atoms with Gasteiger partial charge in [0.2, 0.25) is 0 Å². The van der Waals surface area contributed by atoms with Gasteiger partial charge >= 0.3 is 23.9 Å². The van der Waals surface area contributed by atoms with Gasteiger partial charge in [-0.1, -0.05) is 0 Å². The van der Waals surface area contributed by atoms with Gasteiger partial charge in [0.25, 0.3) is 0 Å². The van der Waals surface area contributed by atoms with Gasteiger partial charge < -0.3 is 47.4 Å². The van der Waals surface area contributed by atoms with Crippen LogP contribution in [-0.2, 0) is 66.5 Å². The van der Waals surface area contributed by atoms with Gasteiger partial charge in [-0.15, -0.1) is 0 Å². The number of hydrogen-bond acceptors (Lipinski definition) is 14. The van der Waals surface area contributed by atoms with Crippen molar-refractivity contribution in [3.63, 3.8) is 0 Å². The Balaban J connectivity index is 1.98. The van der Waals surface area contributed by atoms with Crippen molar-refractivity contribution in [1.82, 2.24) is 0 Å². The molecule has 14 nitrogen and oxygen atoms in total. The fourth-order valence-corrected chi connectivity index (χ4v) is 4.75. The van der Waals surface area contributed by atoms with Crippen LogP contribution in [0.15, 0.2) is 0 Å². The Morgan fingerprint density at radius 1 is 0.711 bits per heavy atom. The zero-order chi connectivity index (χ0) is 28.4. The fraction of sp³-hybridized carbons (Fsp3) is 0.833. The van der Waals surface area contributed by atoms with Crippen molar-refractivity contribution >= 4 is 23.9 Å². The van der Waals surface area contributed by atoms with E-state index < -0.39 is 91.1 Å². The number of carbonyl (C=O) groups is 4. The molecule has 10 atom stereocenters. The summed E-state index contributed by atoms with van der Waals surface area (Å²) >= 11 is 0. The van der Waals surface area contributed by atoms with Gasteiger partial charge in [0.05, 0.1) is 6.10 Å². The third kappa shape index (κ3) is 7.18. The SMILES string of the molecule is CO[C@H]1O[C@H](C)[C@@H](O[C@@H]2O[C@H](COC(C)=O)[C@H](OC(C)=O)[C@H](OC(C)=O)[C@H]2OC(C)=O)[C@@H]2OC(C)(C)O[C@H]12. The van der Waals surface area contributed by atoms with Crippen LogP contribution in [0.5, 0.6) is 0 Å². The molecule has 3 fully saturated rings. The molecule has 0 saturated carbocycles. The van der Waals surface area contributed by atoms with E-state index in [2.05, 4.69) is 0 Å². The van der Waals surface area contributed by atoms with Gasteiger partial charge in [-0.2, -0.15) is 0 Å². The number of carbonyl (C=O) groups excluding carboxylic acids is 4. The lowest BCUT2D eigenvalue weighted by molar-refractivity contribution is -0.346. The molecule has 14 heteroatoms. The first-order chi connectivity index (χ1) is 17.7. The van der Waals surface area contributed by atoms with Gasteiger partial charge in [0, 0.05) is 34.8 Å². The largest absolute Gasteiger partial charge is 0.463 e. The standard InChI is InChI=1S/C24H36O14/c1-10-16(19-21(22(29-8)31-10)38-24(6,7)37-19)36-23-20(34-14(5)28)18(33-13(4)27)17(32-12(3)26)15(35-23)9-30-11(2)25/h10,15-23H,9H2,1-8H3/t10-,15-,16-,17+,18+,19+,20-,21+,22+,23+/m1/s1. The summed E-state index contributed by atoms with van der Waals surface area (Å²) in [6, 6.07) is 0. The van der Waals surface area contributed by atoms with Crippen molar-refractivity contribution in [2.45, 2.75) is 116 Å². The monoisotopic (exact) mass is 548 g/mol. The summed E-state index contributed by atoms with van der Waals surface area (Å²) in [4.78, 5) is 47.6.